The normalized spacial score (nSPS) is 14.7. The standard InChI is InChI=1S/C14H28N2O4/c1-14(2,3)10(6-8-15)4-5-12(18)16-9-7-11(17)13(19)20/h10-11,17H,4-9,15H2,1-3H3,(H,16,18)(H,19,20). The lowest BCUT2D eigenvalue weighted by molar-refractivity contribution is -0.147. The first-order valence-electron chi connectivity index (χ1n) is 7.06. The Morgan fingerprint density at radius 1 is 1.20 bits per heavy atom. The number of hydrogen-bond acceptors (Lipinski definition) is 4. The van der Waals surface area contributed by atoms with Crippen molar-refractivity contribution < 1.29 is 19.8 Å². The van der Waals surface area contributed by atoms with E-state index in [1.54, 1.807) is 0 Å². The minimum atomic E-state index is -1.42. The summed E-state index contributed by atoms with van der Waals surface area (Å²) in [6, 6.07) is 0. The molecule has 0 rings (SSSR count). The summed E-state index contributed by atoms with van der Waals surface area (Å²) in [6.07, 6.45) is 0.634. The average Bonchev–Trinajstić information content (AvgIpc) is 2.32. The lowest BCUT2D eigenvalue weighted by Crippen LogP contribution is -2.31. The van der Waals surface area contributed by atoms with Crippen LogP contribution in [-0.4, -0.2) is 41.3 Å². The van der Waals surface area contributed by atoms with Crippen LogP contribution in [0.4, 0.5) is 0 Å². The molecule has 0 aliphatic rings. The van der Waals surface area contributed by atoms with Crippen LogP contribution in [0.25, 0.3) is 0 Å². The highest BCUT2D eigenvalue weighted by molar-refractivity contribution is 5.76. The Bertz CT molecular complexity index is 313. The van der Waals surface area contributed by atoms with Crippen LogP contribution >= 0.6 is 0 Å². The number of carboxylic acid groups (broad SMARTS) is 1. The second-order valence-corrected chi connectivity index (χ2v) is 6.17. The van der Waals surface area contributed by atoms with E-state index in [2.05, 4.69) is 26.1 Å². The third-order valence-corrected chi connectivity index (χ3v) is 3.48. The van der Waals surface area contributed by atoms with E-state index in [9.17, 15) is 9.59 Å². The fraction of sp³-hybridized carbons (Fsp3) is 0.857. The molecule has 0 aromatic rings. The van der Waals surface area contributed by atoms with E-state index in [1.165, 1.54) is 0 Å². The van der Waals surface area contributed by atoms with Gasteiger partial charge >= 0.3 is 5.97 Å². The van der Waals surface area contributed by atoms with Gasteiger partial charge in [0.05, 0.1) is 0 Å². The summed E-state index contributed by atoms with van der Waals surface area (Å²) in [5, 5.41) is 20.2. The van der Waals surface area contributed by atoms with Crippen molar-refractivity contribution >= 4 is 11.9 Å². The summed E-state index contributed by atoms with van der Waals surface area (Å²) in [6.45, 7) is 7.18. The first kappa shape index (κ1) is 18.9. The van der Waals surface area contributed by atoms with Crippen molar-refractivity contribution in [3.8, 4) is 0 Å². The predicted molar refractivity (Wildman–Crippen MR) is 77.1 cm³/mol. The number of rotatable bonds is 9. The van der Waals surface area contributed by atoms with Crippen molar-refractivity contribution in [2.24, 2.45) is 17.1 Å². The Balaban J connectivity index is 3.99. The smallest absolute Gasteiger partial charge is 0.332 e. The van der Waals surface area contributed by atoms with Gasteiger partial charge in [0.1, 0.15) is 0 Å². The molecule has 0 aromatic heterocycles. The maximum Gasteiger partial charge on any atom is 0.332 e. The van der Waals surface area contributed by atoms with Crippen molar-refractivity contribution in [1.29, 1.82) is 0 Å². The summed E-state index contributed by atoms with van der Waals surface area (Å²) in [5.74, 6) is -1.01. The number of nitrogens with two attached hydrogens (primary N) is 1. The van der Waals surface area contributed by atoms with Gasteiger partial charge in [-0.1, -0.05) is 20.8 Å². The van der Waals surface area contributed by atoms with Crippen LogP contribution < -0.4 is 11.1 Å². The first-order valence-corrected chi connectivity index (χ1v) is 7.06. The molecular weight excluding hydrogens is 260 g/mol. The second kappa shape index (κ2) is 8.92. The number of aliphatic hydroxyl groups excluding tert-OH is 1. The van der Waals surface area contributed by atoms with E-state index in [4.69, 9.17) is 15.9 Å². The zero-order valence-corrected chi connectivity index (χ0v) is 12.7. The molecule has 0 aromatic carbocycles. The fourth-order valence-corrected chi connectivity index (χ4v) is 2.08. The third-order valence-electron chi connectivity index (χ3n) is 3.48. The highest BCUT2D eigenvalue weighted by Gasteiger charge is 2.24. The molecule has 1 amide bonds. The molecule has 0 radical (unpaired) electrons. The van der Waals surface area contributed by atoms with Gasteiger partial charge < -0.3 is 21.3 Å². The number of nitrogens with one attached hydrogen (secondary N) is 1. The third kappa shape index (κ3) is 8.12. The van der Waals surface area contributed by atoms with Crippen LogP contribution in [0.3, 0.4) is 0 Å². The Morgan fingerprint density at radius 2 is 1.80 bits per heavy atom. The second-order valence-electron chi connectivity index (χ2n) is 6.17. The predicted octanol–water partition coefficient (Wildman–Crippen LogP) is 0.730. The molecule has 0 spiro atoms. The van der Waals surface area contributed by atoms with Crippen molar-refractivity contribution in [3.63, 3.8) is 0 Å². The number of aliphatic carboxylic acids is 1. The summed E-state index contributed by atoms with van der Waals surface area (Å²) in [7, 11) is 0. The minimum absolute atomic E-state index is 0.0204. The van der Waals surface area contributed by atoms with Crippen LogP contribution in [0.2, 0.25) is 0 Å². The topological polar surface area (TPSA) is 113 Å². The van der Waals surface area contributed by atoms with Gasteiger partial charge in [-0.25, -0.2) is 4.79 Å². The Hall–Kier alpha value is -1.14. The molecule has 2 unspecified atom stereocenters. The lowest BCUT2D eigenvalue weighted by Gasteiger charge is -2.30. The van der Waals surface area contributed by atoms with Gasteiger partial charge in [0, 0.05) is 19.4 Å². The van der Waals surface area contributed by atoms with E-state index in [-0.39, 0.29) is 24.3 Å². The average molecular weight is 288 g/mol. The summed E-state index contributed by atoms with van der Waals surface area (Å²) >= 11 is 0. The van der Waals surface area contributed by atoms with Gasteiger partial charge in [0.25, 0.3) is 0 Å². The molecule has 2 atom stereocenters. The van der Waals surface area contributed by atoms with Gasteiger partial charge in [0.2, 0.25) is 5.91 Å². The number of hydrogen-bond donors (Lipinski definition) is 4. The SMILES string of the molecule is CC(C)(C)C(CCN)CCC(=O)NCCC(O)C(=O)O. The molecular formula is C14H28N2O4. The number of aliphatic hydroxyl groups is 1. The van der Waals surface area contributed by atoms with Crippen LogP contribution in [-0.2, 0) is 9.59 Å². The lowest BCUT2D eigenvalue weighted by atomic mass is 9.76. The molecule has 6 heteroatoms. The van der Waals surface area contributed by atoms with Crippen molar-refractivity contribution in [1.82, 2.24) is 5.32 Å². The van der Waals surface area contributed by atoms with E-state index in [0.717, 1.165) is 12.8 Å². The van der Waals surface area contributed by atoms with Crippen LogP contribution in [0.15, 0.2) is 0 Å². The molecule has 0 heterocycles. The van der Waals surface area contributed by atoms with Gasteiger partial charge in [-0.2, -0.15) is 0 Å². The molecule has 0 aliphatic heterocycles. The van der Waals surface area contributed by atoms with Gasteiger partial charge in [-0.3, -0.25) is 4.79 Å². The van der Waals surface area contributed by atoms with Crippen molar-refractivity contribution in [2.45, 2.75) is 52.6 Å². The molecule has 0 saturated heterocycles. The summed E-state index contributed by atoms with van der Waals surface area (Å²) in [5.41, 5.74) is 5.70. The molecule has 0 aliphatic carbocycles. The van der Waals surface area contributed by atoms with E-state index >= 15 is 0 Å². The first-order chi connectivity index (χ1) is 9.18. The molecule has 0 saturated carbocycles. The Labute approximate surface area is 120 Å². The minimum Gasteiger partial charge on any atom is -0.479 e. The Morgan fingerprint density at radius 3 is 2.25 bits per heavy atom. The maximum atomic E-state index is 11.7. The van der Waals surface area contributed by atoms with E-state index in [0.29, 0.717) is 18.9 Å². The quantitative estimate of drug-likeness (QED) is 0.499. The van der Waals surface area contributed by atoms with Crippen molar-refractivity contribution in [3.05, 3.63) is 0 Å². The number of carbonyl (C=O) groups is 2. The van der Waals surface area contributed by atoms with Gasteiger partial charge in [-0.15, -0.1) is 0 Å². The molecule has 0 fully saturated rings. The number of carboxylic acids is 1. The molecule has 6 nitrogen and oxygen atoms in total. The molecule has 118 valence electrons. The Kier molecular flexibility index (Phi) is 8.41. The van der Waals surface area contributed by atoms with Crippen LogP contribution in [0.1, 0.15) is 46.5 Å². The monoisotopic (exact) mass is 288 g/mol. The van der Waals surface area contributed by atoms with Gasteiger partial charge in [-0.05, 0) is 30.7 Å². The molecule has 5 N–H and O–H groups in total. The van der Waals surface area contributed by atoms with Crippen LogP contribution in [0, 0.1) is 11.3 Å². The number of carbonyl (C=O) groups excluding carboxylic acids is 1. The zero-order chi connectivity index (χ0) is 15.8. The van der Waals surface area contributed by atoms with Crippen molar-refractivity contribution in [2.75, 3.05) is 13.1 Å². The fourth-order valence-electron chi connectivity index (χ4n) is 2.08. The summed E-state index contributed by atoms with van der Waals surface area (Å²) in [4.78, 5) is 22.1. The highest BCUT2D eigenvalue weighted by Crippen LogP contribution is 2.31. The molecule has 0 bridgehead atoms. The number of amides is 1. The van der Waals surface area contributed by atoms with E-state index < -0.39 is 12.1 Å². The zero-order valence-electron chi connectivity index (χ0n) is 12.7. The van der Waals surface area contributed by atoms with E-state index in [1.807, 2.05) is 0 Å². The largest absolute Gasteiger partial charge is 0.479 e. The maximum absolute atomic E-state index is 11.7. The summed E-state index contributed by atoms with van der Waals surface area (Å²) < 4.78 is 0. The van der Waals surface area contributed by atoms with Gasteiger partial charge in [0.15, 0.2) is 6.10 Å². The molecule has 20 heavy (non-hydrogen) atoms. The van der Waals surface area contributed by atoms with Crippen LogP contribution in [0.5, 0.6) is 0 Å². The highest BCUT2D eigenvalue weighted by atomic mass is 16.4.